The van der Waals surface area contributed by atoms with Crippen LogP contribution in [0.2, 0.25) is 5.02 Å². The number of ketones is 1. The molecule has 140 valence electrons. The predicted molar refractivity (Wildman–Crippen MR) is 106 cm³/mol. The quantitative estimate of drug-likeness (QED) is 0.588. The van der Waals surface area contributed by atoms with E-state index in [0.29, 0.717) is 42.5 Å². The van der Waals surface area contributed by atoms with Crippen LogP contribution in [0.4, 0.5) is 10.1 Å². The van der Waals surface area contributed by atoms with Crippen molar-refractivity contribution in [2.75, 3.05) is 31.1 Å². The van der Waals surface area contributed by atoms with Gasteiger partial charge < -0.3 is 9.80 Å². The molecule has 2 aromatic carbocycles. The molecule has 4 nitrogen and oxygen atoms in total. The number of hydrogen-bond donors (Lipinski definition) is 0. The van der Waals surface area contributed by atoms with Gasteiger partial charge in [0.25, 0.3) is 0 Å². The second kappa shape index (κ2) is 8.35. The Hall–Kier alpha value is -2.66. The number of carbonyl (C=O) groups is 2. The van der Waals surface area contributed by atoms with Gasteiger partial charge in [-0.05, 0) is 48.9 Å². The Balaban J connectivity index is 1.59. The molecule has 2 aromatic rings. The lowest BCUT2D eigenvalue weighted by Crippen LogP contribution is -2.48. The molecule has 27 heavy (non-hydrogen) atoms. The number of Topliss-reactive ketones (excluding diaryl/α,β-unsaturated/α-hetero) is 1. The van der Waals surface area contributed by atoms with Gasteiger partial charge in [0.15, 0.2) is 5.78 Å². The average Bonchev–Trinajstić information content (AvgIpc) is 2.67. The zero-order valence-corrected chi connectivity index (χ0v) is 15.7. The summed E-state index contributed by atoms with van der Waals surface area (Å²) in [4.78, 5) is 27.3. The van der Waals surface area contributed by atoms with E-state index in [4.69, 9.17) is 11.6 Å². The zero-order valence-electron chi connectivity index (χ0n) is 15.0. The highest BCUT2D eigenvalue weighted by molar-refractivity contribution is 6.30. The number of nitrogens with zero attached hydrogens (tertiary/aromatic N) is 2. The first-order valence-electron chi connectivity index (χ1n) is 8.72. The Bertz CT molecular complexity index is 872. The standard InChI is InChI=1S/C21H20ClFN2O2/c1-15(26)17-5-8-20(19(23)14-17)24-10-12-25(13-11-24)21(27)9-4-16-2-6-18(22)7-3-16/h2-9,14H,10-13H2,1H3/b9-4+. The van der Waals surface area contributed by atoms with Gasteiger partial charge in [-0.2, -0.15) is 0 Å². The maximum absolute atomic E-state index is 14.3. The van der Waals surface area contributed by atoms with Gasteiger partial charge in [0, 0.05) is 42.8 Å². The maximum atomic E-state index is 14.3. The largest absolute Gasteiger partial charge is 0.366 e. The molecule has 0 N–H and O–H groups in total. The van der Waals surface area contributed by atoms with E-state index in [1.165, 1.54) is 13.0 Å². The van der Waals surface area contributed by atoms with Gasteiger partial charge in [-0.15, -0.1) is 0 Å². The molecule has 0 aliphatic carbocycles. The molecule has 0 aromatic heterocycles. The monoisotopic (exact) mass is 386 g/mol. The van der Waals surface area contributed by atoms with Crippen LogP contribution in [0.3, 0.4) is 0 Å². The first-order chi connectivity index (χ1) is 12.9. The third kappa shape index (κ3) is 4.74. The molecule has 0 unspecified atom stereocenters. The molecule has 1 saturated heterocycles. The minimum absolute atomic E-state index is 0.0722. The molecule has 0 spiro atoms. The van der Waals surface area contributed by atoms with Crippen molar-refractivity contribution in [3.05, 3.63) is 70.5 Å². The fraction of sp³-hybridized carbons (Fsp3) is 0.238. The second-order valence-electron chi connectivity index (χ2n) is 6.42. The van der Waals surface area contributed by atoms with Crippen molar-refractivity contribution >= 4 is 35.1 Å². The number of piperazine rings is 1. The SMILES string of the molecule is CC(=O)c1ccc(N2CCN(C(=O)/C=C/c3ccc(Cl)cc3)CC2)c(F)c1. The lowest BCUT2D eigenvalue weighted by molar-refractivity contribution is -0.126. The number of halogens is 2. The molecule has 1 aliphatic heterocycles. The molecular weight excluding hydrogens is 367 g/mol. The molecule has 0 saturated carbocycles. The summed E-state index contributed by atoms with van der Waals surface area (Å²) in [5.41, 5.74) is 1.72. The van der Waals surface area contributed by atoms with E-state index < -0.39 is 5.82 Å². The van der Waals surface area contributed by atoms with Crippen molar-refractivity contribution in [1.29, 1.82) is 0 Å². The van der Waals surface area contributed by atoms with E-state index in [0.717, 1.165) is 5.56 Å². The predicted octanol–water partition coefficient (Wildman–Crippen LogP) is 4.04. The summed E-state index contributed by atoms with van der Waals surface area (Å²) >= 11 is 5.85. The van der Waals surface area contributed by atoms with Crippen LogP contribution in [-0.2, 0) is 4.79 Å². The first kappa shape index (κ1) is 19.1. The van der Waals surface area contributed by atoms with Crippen LogP contribution >= 0.6 is 11.6 Å². The zero-order chi connectivity index (χ0) is 19.4. The third-order valence-electron chi connectivity index (χ3n) is 4.57. The van der Waals surface area contributed by atoms with Crippen molar-refractivity contribution in [3.8, 4) is 0 Å². The van der Waals surface area contributed by atoms with Crippen molar-refractivity contribution in [2.45, 2.75) is 6.92 Å². The number of benzene rings is 2. The number of amides is 1. The minimum atomic E-state index is -0.412. The first-order valence-corrected chi connectivity index (χ1v) is 9.10. The maximum Gasteiger partial charge on any atom is 0.246 e. The Morgan fingerprint density at radius 2 is 1.70 bits per heavy atom. The fourth-order valence-electron chi connectivity index (χ4n) is 3.00. The lowest BCUT2D eigenvalue weighted by Gasteiger charge is -2.35. The van der Waals surface area contributed by atoms with Crippen molar-refractivity contribution in [1.82, 2.24) is 4.90 Å². The summed E-state index contributed by atoms with van der Waals surface area (Å²) in [7, 11) is 0. The number of hydrogen-bond acceptors (Lipinski definition) is 3. The van der Waals surface area contributed by atoms with E-state index in [9.17, 15) is 14.0 Å². The Labute approximate surface area is 162 Å². The van der Waals surface area contributed by atoms with Gasteiger partial charge >= 0.3 is 0 Å². The van der Waals surface area contributed by atoms with Crippen LogP contribution in [0.25, 0.3) is 6.08 Å². The third-order valence-corrected chi connectivity index (χ3v) is 4.83. The van der Waals surface area contributed by atoms with Crippen molar-refractivity contribution in [2.24, 2.45) is 0 Å². The topological polar surface area (TPSA) is 40.6 Å². The number of rotatable bonds is 4. The van der Waals surface area contributed by atoms with Gasteiger partial charge in [-0.1, -0.05) is 23.7 Å². The summed E-state index contributed by atoms with van der Waals surface area (Å²) in [6, 6.07) is 11.8. The highest BCUT2D eigenvalue weighted by atomic mass is 35.5. The lowest BCUT2D eigenvalue weighted by atomic mass is 10.1. The molecule has 1 aliphatic rings. The van der Waals surface area contributed by atoms with Gasteiger partial charge in [0.2, 0.25) is 5.91 Å². The van der Waals surface area contributed by atoms with Gasteiger partial charge in [0.1, 0.15) is 5.82 Å². The van der Waals surface area contributed by atoms with Crippen molar-refractivity contribution < 1.29 is 14.0 Å². The van der Waals surface area contributed by atoms with Gasteiger partial charge in [-0.25, -0.2) is 4.39 Å². The molecule has 1 fully saturated rings. The van der Waals surface area contributed by atoms with Crippen LogP contribution in [0.15, 0.2) is 48.5 Å². The summed E-state index contributed by atoms with van der Waals surface area (Å²) in [5.74, 6) is -0.648. The molecular formula is C21H20ClFN2O2. The van der Waals surface area contributed by atoms with E-state index in [-0.39, 0.29) is 11.7 Å². The van der Waals surface area contributed by atoms with Crippen LogP contribution in [-0.4, -0.2) is 42.8 Å². The Morgan fingerprint density at radius 1 is 1.04 bits per heavy atom. The number of carbonyl (C=O) groups excluding carboxylic acids is 2. The second-order valence-corrected chi connectivity index (χ2v) is 6.86. The van der Waals surface area contributed by atoms with E-state index >= 15 is 0 Å². The van der Waals surface area contributed by atoms with Crippen LogP contribution in [0.5, 0.6) is 0 Å². The highest BCUT2D eigenvalue weighted by Crippen LogP contribution is 2.22. The van der Waals surface area contributed by atoms with Crippen LogP contribution < -0.4 is 4.90 Å². The van der Waals surface area contributed by atoms with Crippen LogP contribution in [0, 0.1) is 5.82 Å². The summed E-state index contributed by atoms with van der Waals surface area (Å²) in [5, 5.41) is 0.651. The molecule has 0 radical (unpaired) electrons. The molecule has 0 bridgehead atoms. The summed E-state index contributed by atoms with van der Waals surface area (Å²) in [6.45, 7) is 3.51. The molecule has 1 amide bonds. The highest BCUT2D eigenvalue weighted by Gasteiger charge is 2.22. The molecule has 6 heteroatoms. The fourth-order valence-corrected chi connectivity index (χ4v) is 3.12. The van der Waals surface area contributed by atoms with Crippen molar-refractivity contribution in [3.63, 3.8) is 0 Å². The average molecular weight is 387 g/mol. The Morgan fingerprint density at radius 3 is 2.30 bits per heavy atom. The minimum Gasteiger partial charge on any atom is -0.366 e. The smallest absolute Gasteiger partial charge is 0.246 e. The van der Waals surface area contributed by atoms with Gasteiger partial charge in [-0.3, -0.25) is 9.59 Å². The summed E-state index contributed by atoms with van der Waals surface area (Å²) in [6.07, 6.45) is 3.30. The van der Waals surface area contributed by atoms with Gasteiger partial charge in [0.05, 0.1) is 5.69 Å². The molecule has 1 heterocycles. The Kier molecular flexibility index (Phi) is 5.91. The summed E-state index contributed by atoms with van der Waals surface area (Å²) < 4.78 is 14.3. The van der Waals surface area contributed by atoms with Crippen LogP contribution in [0.1, 0.15) is 22.8 Å². The van der Waals surface area contributed by atoms with E-state index in [1.807, 2.05) is 17.0 Å². The normalized spacial score (nSPS) is 14.6. The van der Waals surface area contributed by atoms with E-state index in [2.05, 4.69) is 0 Å². The molecule has 3 rings (SSSR count). The number of anilines is 1. The molecule has 0 atom stereocenters. The van der Waals surface area contributed by atoms with E-state index in [1.54, 1.807) is 41.3 Å².